The number of thioether (sulfide) groups is 8. The summed E-state index contributed by atoms with van der Waals surface area (Å²) < 4.78 is 63.2. The Balaban J connectivity index is 4.51. The molecule has 0 atom stereocenters. The second-order valence-electron chi connectivity index (χ2n) is 22.0. The van der Waals surface area contributed by atoms with Crippen molar-refractivity contribution in [3.8, 4) is 0 Å². The fourth-order valence-corrected chi connectivity index (χ4v) is 16.1. The molecule has 0 heterocycles. The van der Waals surface area contributed by atoms with Gasteiger partial charge in [0.1, 0.15) is 0 Å². The van der Waals surface area contributed by atoms with E-state index in [0.717, 1.165) is 189 Å². The van der Waals surface area contributed by atoms with Crippen LogP contribution in [0.2, 0.25) is 0 Å². The van der Waals surface area contributed by atoms with Crippen LogP contribution in [0.3, 0.4) is 0 Å². The van der Waals surface area contributed by atoms with Crippen LogP contribution in [0.15, 0.2) is 12.7 Å². The summed E-state index contributed by atoms with van der Waals surface area (Å²) in [6.07, 6.45) is 15.7. The lowest BCUT2D eigenvalue weighted by atomic mass is 10.3. The highest BCUT2D eigenvalue weighted by atomic mass is 32.2. The zero-order valence-corrected chi connectivity index (χ0v) is 67.0. The summed E-state index contributed by atoms with van der Waals surface area (Å²) in [5, 5.41) is 0. The number of rotatable bonds is 81. The van der Waals surface area contributed by atoms with E-state index in [2.05, 4.69) is 6.58 Å². The molecular weight excluding hydrogens is 1380 g/mol. The normalized spacial score (nSPS) is 11.6. The Labute approximate surface area is 620 Å². The summed E-state index contributed by atoms with van der Waals surface area (Å²) in [5.41, 5.74) is 0. The van der Waals surface area contributed by atoms with Crippen LogP contribution in [0.1, 0.15) is 132 Å². The van der Waals surface area contributed by atoms with Crippen LogP contribution >= 0.6 is 94.1 Å². The standard InChI is InChI=1S/C70H136N4O14S8/c1-7-13-51-95-65-49-87-47-48-88-50-66-96-64-26-70(78)74(34-38-86-46-42-82-12-6)30-22-60-91-54-16-19-57-94-63-25-69(77)73(33-37-85-45-41-81-11-5)29-21-59-90-53-15-18-56-93-62-24-68(76)72(32-36-84-44-40-80-10-4)28-20-58-89-52-14-17-55-92-61-23-67(75)71(27-8-2)31-35-83-43-39-79-9-3/h8H,2,7,9-66H2,1,3-6H3/i1D. The van der Waals surface area contributed by atoms with Gasteiger partial charge in [-0.05, 0) is 149 Å². The van der Waals surface area contributed by atoms with E-state index in [4.69, 9.17) is 48.7 Å². The predicted octanol–water partition coefficient (Wildman–Crippen LogP) is 12.5. The highest BCUT2D eigenvalue weighted by Crippen LogP contribution is 2.17. The Hall–Kier alpha value is 0.0200. The van der Waals surface area contributed by atoms with Crippen LogP contribution < -0.4 is 0 Å². The molecule has 568 valence electrons. The van der Waals surface area contributed by atoms with Crippen molar-refractivity contribution in [2.45, 2.75) is 131 Å². The second kappa shape index (κ2) is 80.7. The third-order valence-electron chi connectivity index (χ3n) is 14.2. The SMILES string of the molecule is [2H]CCCCSCCOCCOCCSCCC(=O)N(CCCSCCCCSCCC(=O)N(CCCSCCCCSCCC(=O)N(CCCSCCCCSCCC(=O)N(CC=C)CCOCCOCC)CCOCCOCC)CCOCCOCC)CCOCCOCC. The predicted molar refractivity (Wildman–Crippen MR) is 421 cm³/mol. The Bertz CT molecular complexity index is 1720. The van der Waals surface area contributed by atoms with E-state index in [9.17, 15) is 19.2 Å². The lowest BCUT2D eigenvalue weighted by Crippen LogP contribution is -2.35. The number of carbonyl (C=O) groups is 4. The van der Waals surface area contributed by atoms with E-state index in [1.165, 1.54) is 0 Å². The number of amides is 4. The third-order valence-corrected chi connectivity index (χ3v) is 22.9. The van der Waals surface area contributed by atoms with E-state index >= 15 is 0 Å². The summed E-state index contributed by atoms with van der Waals surface area (Å²) in [6.45, 7) is 29.1. The number of hydrogen-bond donors (Lipinski definition) is 0. The van der Waals surface area contributed by atoms with Crippen LogP contribution in [0.4, 0.5) is 0 Å². The summed E-state index contributed by atoms with van der Waals surface area (Å²) in [7, 11) is 0. The van der Waals surface area contributed by atoms with Crippen molar-refractivity contribution in [1.29, 1.82) is 0 Å². The van der Waals surface area contributed by atoms with Crippen molar-refractivity contribution in [3.63, 3.8) is 0 Å². The highest BCUT2D eigenvalue weighted by molar-refractivity contribution is 8.00. The van der Waals surface area contributed by atoms with Gasteiger partial charge in [-0.25, -0.2) is 0 Å². The van der Waals surface area contributed by atoms with E-state index < -0.39 is 0 Å². The van der Waals surface area contributed by atoms with E-state index in [-0.39, 0.29) is 23.6 Å². The third kappa shape index (κ3) is 68.4. The van der Waals surface area contributed by atoms with Gasteiger partial charge in [-0.3, -0.25) is 19.2 Å². The zero-order chi connectivity index (χ0) is 70.5. The van der Waals surface area contributed by atoms with Gasteiger partial charge in [0.2, 0.25) is 23.6 Å². The molecule has 0 aliphatic carbocycles. The monoisotopic (exact) mass is 1510 g/mol. The van der Waals surface area contributed by atoms with Crippen molar-refractivity contribution < 1.29 is 67.9 Å². The maximum Gasteiger partial charge on any atom is 0.223 e. The summed E-state index contributed by atoms with van der Waals surface area (Å²) in [4.78, 5) is 60.8. The first-order chi connectivity index (χ1) is 47.8. The minimum Gasteiger partial charge on any atom is -0.379 e. The van der Waals surface area contributed by atoms with Gasteiger partial charge in [-0.1, -0.05) is 19.4 Å². The fraction of sp³-hybridized carbons (Fsp3) is 0.914. The molecule has 0 aromatic carbocycles. The minimum absolute atomic E-state index is 0.148. The molecule has 0 spiro atoms. The molecule has 0 aromatic heterocycles. The van der Waals surface area contributed by atoms with E-state index in [1.807, 2.05) is 130 Å². The van der Waals surface area contributed by atoms with E-state index in [0.29, 0.717) is 191 Å². The molecule has 0 aliphatic heterocycles. The number of unbranched alkanes of at least 4 members (excludes halogenated alkanes) is 4. The van der Waals surface area contributed by atoms with Crippen LogP contribution in [0.25, 0.3) is 0 Å². The van der Waals surface area contributed by atoms with E-state index in [1.54, 1.807) is 17.8 Å². The average Bonchev–Trinajstić information content (AvgIpc) is 2.31. The topological polar surface area (TPSA) is 174 Å². The van der Waals surface area contributed by atoms with Crippen molar-refractivity contribution >= 4 is 118 Å². The molecule has 0 aliphatic rings. The Morgan fingerprint density at radius 3 is 0.833 bits per heavy atom. The number of carbonyl (C=O) groups excluding carboxylic acids is 4. The van der Waals surface area contributed by atoms with Crippen LogP contribution in [0.5, 0.6) is 0 Å². The first-order valence-electron chi connectivity index (χ1n) is 36.9. The van der Waals surface area contributed by atoms with Gasteiger partial charge in [0.05, 0.1) is 106 Å². The summed E-state index contributed by atoms with van der Waals surface area (Å²) in [5.74, 6) is 16.5. The second-order valence-corrected chi connectivity index (χ2v) is 31.8. The highest BCUT2D eigenvalue weighted by Gasteiger charge is 2.17. The molecule has 0 rings (SSSR count). The lowest BCUT2D eigenvalue weighted by Gasteiger charge is -2.23. The molecule has 0 N–H and O–H groups in total. The smallest absolute Gasteiger partial charge is 0.223 e. The van der Waals surface area contributed by atoms with Gasteiger partial charge in [0.15, 0.2) is 0 Å². The van der Waals surface area contributed by atoms with Crippen LogP contribution in [-0.2, 0) is 66.5 Å². The van der Waals surface area contributed by atoms with Gasteiger partial charge in [-0.2, -0.15) is 94.1 Å². The molecule has 4 amide bonds. The summed E-state index contributed by atoms with van der Waals surface area (Å²) in [6, 6.07) is 0. The molecule has 26 heteroatoms. The molecule has 0 bridgehead atoms. The molecule has 0 unspecified atom stereocenters. The first kappa shape index (κ1) is 94.0. The van der Waals surface area contributed by atoms with Crippen molar-refractivity contribution in [3.05, 3.63) is 12.7 Å². The van der Waals surface area contributed by atoms with Crippen molar-refractivity contribution in [2.24, 2.45) is 0 Å². The van der Waals surface area contributed by atoms with Gasteiger partial charge in [-0.15, -0.1) is 6.58 Å². The largest absolute Gasteiger partial charge is 0.379 e. The number of nitrogens with zero attached hydrogens (tertiary/aromatic N) is 4. The molecule has 18 nitrogen and oxygen atoms in total. The maximum absolute atomic E-state index is 13.5. The first-order valence-corrected chi connectivity index (χ1v) is 45.4. The molecule has 0 fully saturated rings. The molecule has 0 saturated carbocycles. The van der Waals surface area contributed by atoms with Crippen LogP contribution in [0, 0.1) is 0 Å². The zero-order valence-electron chi connectivity index (χ0n) is 61.5. The molecule has 0 radical (unpaired) electrons. The Morgan fingerprint density at radius 2 is 0.531 bits per heavy atom. The molecule has 0 aromatic rings. The van der Waals surface area contributed by atoms with Gasteiger partial charge >= 0.3 is 0 Å². The number of ether oxygens (including phenoxy) is 10. The lowest BCUT2D eigenvalue weighted by molar-refractivity contribution is -0.132. The van der Waals surface area contributed by atoms with Crippen molar-refractivity contribution in [1.82, 2.24) is 19.6 Å². The quantitative estimate of drug-likeness (QED) is 0.0415. The van der Waals surface area contributed by atoms with Gasteiger partial charge < -0.3 is 67.0 Å². The maximum atomic E-state index is 13.5. The Kier molecular flexibility index (Phi) is 79.0. The van der Waals surface area contributed by atoms with Crippen LogP contribution in [-0.4, -0.2) is 320 Å². The molecular formula is C70H136N4O14S8. The fourth-order valence-electron chi connectivity index (χ4n) is 8.86. The Morgan fingerprint density at radius 1 is 0.292 bits per heavy atom. The van der Waals surface area contributed by atoms with Gasteiger partial charge in [0, 0.05) is 140 Å². The molecule has 96 heavy (non-hydrogen) atoms. The number of hydrogen-bond acceptors (Lipinski definition) is 22. The van der Waals surface area contributed by atoms with Gasteiger partial charge in [0.25, 0.3) is 0 Å². The minimum atomic E-state index is 0.148. The van der Waals surface area contributed by atoms with Crippen molar-refractivity contribution in [2.75, 3.05) is 277 Å². The molecule has 0 saturated heterocycles. The summed E-state index contributed by atoms with van der Waals surface area (Å²) >= 11 is 15.1. The average molecular weight is 1520 g/mol.